The van der Waals surface area contributed by atoms with Gasteiger partial charge in [0, 0.05) is 17.6 Å². The minimum Gasteiger partial charge on any atom is -0.491 e. The summed E-state index contributed by atoms with van der Waals surface area (Å²) >= 11 is 1.79. The number of nitrogens with zero attached hydrogens (tertiary/aromatic N) is 1. The summed E-state index contributed by atoms with van der Waals surface area (Å²) in [6, 6.07) is 8.55. The molecule has 1 N–H and O–H groups in total. The molecule has 2 rings (SSSR count). The number of ether oxygens (including phenoxy) is 1. The van der Waals surface area contributed by atoms with Gasteiger partial charge in [0.1, 0.15) is 10.8 Å². The molecule has 0 aliphatic rings. The molecule has 0 aliphatic carbocycles. The number of thiazole rings is 1. The fourth-order valence-corrected chi connectivity index (χ4v) is 2.89. The molecule has 0 fully saturated rings. The predicted molar refractivity (Wildman–Crippen MR) is 89.0 cm³/mol. The van der Waals surface area contributed by atoms with Crippen molar-refractivity contribution in [3.8, 4) is 5.75 Å². The Hall–Kier alpha value is -1.39. The summed E-state index contributed by atoms with van der Waals surface area (Å²) in [4.78, 5) is 5.82. The second kappa shape index (κ2) is 7.57. The molecular formula is C17H24N2OS. The Morgan fingerprint density at radius 2 is 1.90 bits per heavy atom. The molecule has 1 aromatic carbocycles. The molecule has 2 aromatic rings. The van der Waals surface area contributed by atoms with Crippen LogP contribution in [0.3, 0.4) is 0 Å². The molecule has 4 heteroatoms. The fourth-order valence-electron chi connectivity index (χ4n) is 2.00. The summed E-state index contributed by atoms with van der Waals surface area (Å²) in [5.74, 6) is 0.925. The van der Waals surface area contributed by atoms with E-state index < -0.39 is 0 Å². The minimum atomic E-state index is 0.215. The minimum absolute atomic E-state index is 0.215. The van der Waals surface area contributed by atoms with Crippen LogP contribution < -0.4 is 10.1 Å². The van der Waals surface area contributed by atoms with Crippen LogP contribution in [0.5, 0.6) is 5.75 Å². The van der Waals surface area contributed by atoms with E-state index in [-0.39, 0.29) is 12.1 Å². The fraction of sp³-hybridized carbons (Fsp3) is 0.471. The Morgan fingerprint density at radius 3 is 2.48 bits per heavy atom. The maximum absolute atomic E-state index is 5.65. The summed E-state index contributed by atoms with van der Waals surface area (Å²) in [6.45, 7) is 9.24. The molecule has 0 saturated heterocycles. The summed E-state index contributed by atoms with van der Waals surface area (Å²) in [5, 5.41) is 4.68. The van der Waals surface area contributed by atoms with Gasteiger partial charge < -0.3 is 10.1 Å². The van der Waals surface area contributed by atoms with Gasteiger partial charge in [-0.05, 0) is 44.9 Å². The number of aryl methyl sites for hydroxylation is 1. The third-order valence-electron chi connectivity index (χ3n) is 3.20. The van der Waals surface area contributed by atoms with Crippen molar-refractivity contribution in [2.24, 2.45) is 0 Å². The first-order chi connectivity index (χ1) is 10.1. The Labute approximate surface area is 131 Å². The summed E-state index contributed by atoms with van der Waals surface area (Å²) < 4.78 is 5.65. The van der Waals surface area contributed by atoms with E-state index in [1.165, 1.54) is 10.4 Å². The van der Waals surface area contributed by atoms with Gasteiger partial charge >= 0.3 is 0 Å². The average Bonchev–Trinajstić information content (AvgIpc) is 2.94. The summed E-state index contributed by atoms with van der Waals surface area (Å²) in [5.41, 5.74) is 1.25. The maximum atomic E-state index is 5.65. The molecule has 0 saturated carbocycles. The summed E-state index contributed by atoms with van der Waals surface area (Å²) in [7, 11) is 0. The summed E-state index contributed by atoms with van der Waals surface area (Å²) in [6.07, 6.45) is 3.25. The van der Waals surface area contributed by atoms with Gasteiger partial charge in [0.05, 0.1) is 12.1 Å². The van der Waals surface area contributed by atoms with Crippen molar-refractivity contribution in [2.75, 3.05) is 0 Å². The van der Waals surface area contributed by atoms with E-state index in [0.29, 0.717) is 0 Å². The zero-order valence-electron chi connectivity index (χ0n) is 13.2. The highest BCUT2D eigenvalue weighted by molar-refractivity contribution is 7.11. The first kappa shape index (κ1) is 16.0. The molecule has 0 amide bonds. The van der Waals surface area contributed by atoms with Crippen LogP contribution in [0.2, 0.25) is 0 Å². The topological polar surface area (TPSA) is 34.2 Å². The molecule has 1 unspecified atom stereocenters. The van der Waals surface area contributed by atoms with E-state index in [4.69, 9.17) is 4.74 Å². The number of aromatic nitrogens is 1. The van der Waals surface area contributed by atoms with Gasteiger partial charge in [-0.2, -0.15) is 0 Å². The molecule has 0 spiro atoms. The SMILES string of the molecule is CCc1cnc(C(C)NCc2ccc(OC(C)C)cc2)s1. The van der Waals surface area contributed by atoms with Crippen molar-refractivity contribution in [2.45, 2.75) is 52.8 Å². The normalized spacial score (nSPS) is 12.6. The maximum Gasteiger partial charge on any atom is 0.119 e. The monoisotopic (exact) mass is 304 g/mol. The lowest BCUT2D eigenvalue weighted by molar-refractivity contribution is 0.242. The van der Waals surface area contributed by atoms with Gasteiger partial charge in [-0.3, -0.25) is 0 Å². The lowest BCUT2D eigenvalue weighted by Crippen LogP contribution is -2.17. The smallest absolute Gasteiger partial charge is 0.119 e. The van der Waals surface area contributed by atoms with Gasteiger partial charge in [-0.1, -0.05) is 19.1 Å². The van der Waals surface area contributed by atoms with Crippen molar-refractivity contribution in [1.29, 1.82) is 0 Å². The molecule has 1 atom stereocenters. The van der Waals surface area contributed by atoms with Crippen molar-refractivity contribution in [3.05, 3.63) is 45.9 Å². The molecule has 0 bridgehead atoms. The third-order valence-corrected chi connectivity index (χ3v) is 4.52. The second-order valence-electron chi connectivity index (χ2n) is 5.43. The Kier molecular flexibility index (Phi) is 5.76. The highest BCUT2D eigenvalue weighted by atomic mass is 32.1. The van der Waals surface area contributed by atoms with E-state index in [1.807, 2.05) is 32.2 Å². The van der Waals surface area contributed by atoms with E-state index in [9.17, 15) is 0 Å². The number of rotatable bonds is 7. The Bertz CT molecular complexity index is 548. The quantitative estimate of drug-likeness (QED) is 0.826. The van der Waals surface area contributed by atoms with Gasteiger partial charge in [-0.25, -0.2) is 4.98 Å². The standard InChI is InChI=1S/C17H24N2OS/c1-5-16-11-19-17(21-16)13(4)18-10-14-6-8-15(9-7-14)20-12(2)3/h6-9,11-13,18H,5,10H2,1-4H3. The largest absolute Gasteiger partial charge is 0.491 e. The number of benzene rings is 1. The van der Waals surface area contributed by atoms with Gasteiger partial charge in [0.15, 0.2) is 0 Å². The molecule has 114 valence electrons. The molecule has 1 heterocycles. The zero-order chi connectivity index (χ0) is 15.2. The first-order valence-corrected chi connectivity index (χ1v) is 8.33. The van der Waals surface area contributed by atoms with E-state index in [0.717, 1.165) is 23.7 Å². The van der Waals surface area contributed by atoms with Crippen molar-refractivity contribution in [3.63, 3.8) is 0 Å². The first-order valence-electron chi connectivity index (χ1n) is 7.52. The van der Waals surface area contributed by atoms with Crippen LogP contribution >= 0.6 is 11.3 Å². The Morgan fingerprint density at radius 1 is 1.19 bits per heavy atom. The van der Waals surface area contributed by atoms with Crippen molar-refractivity contribution in [1.82, 2.24) is 10.3 Å². The van der Waals surface area contributed by atoms with Gasteiger partial charge in [0.2, 0.25) is 0 Å². The average molecular weight is 304 g/mol. The van der Waals surface area contributed by atoms with Crippen LogP contribution in [0.15, 0.2) is 30.5 Å². The van der Waals surface area contributed by atoms with Crippen LogP contribution in [-0.2, 0) is 13.0 Å². The second-order valence-corrected chi connectivity index (χ2v) is 6.58. The zero-order valence-corrected chi connectivity index (χ0v) is 14.0. The lowest BCUT2D eigenvalue weighted by atomic mass is 10.2. The molecule has 1 aromatic heterocycles. The molecule has 3 nitrogen and oxygen atoms in total. The van der Waals surface area contributed by atoms with Gasteiger partial charge in [-0.15, -0.1) is 11.3 Å². The molecule has 21 heavy (non-hydrogen) atoms. The van der Waals surface area contributed by atoms with Crippen LogP contribution in [0.1, 0.15) is 49.2 Å². The van der Waals surface area contributed by atoms with E-state index >= 15 is 0 Å². The number of hydrogen-bond donors (Lipinski definition) is 1. The van der Waals surface area contributed by atoms with Gasteiger partial charge in [0.25, 0.3) is 0 Å². The number of nitrogens with one attached hydrogen (secondary N) is 1. The van der Waals surface area contributed by atoms with Crippen molar-refractivity contribution < 1.29 is 4.74 Å². The van der Waals surface area contributed by atoms with Crippen LogP contribution in [-0.4, -0.2) is 11.1 Å². The highest BCUT2D eigenvalue weighted by Gasteiger charge is 2.09. The highest BCUT2D eigenvalue weighted by Crippen LogP contribution is 2.21. The lowest BCUT2D eigenvalue weighted by Gasteiger charge is -2.12. The van der Waals surface area contributed by atoms with Crippen molar-refractivity contribution >= 4 is 11.3 Å². The Balaban J connectivity index is 1.87. The molecule has 0 radical (unpaired) electrons. The van der Waals surface area contributed by atoms with E-state index in [2.05, 4.69) is 36.3 Å². The predicted octanol–water partition coefficient (Wildman–Crippen LogP) is 4.34. The number of hydrogen-bond acceptors (Lipinski definition) is 4. The van der Waals surface area contributed by atoms with E-state index in [1.54, 1.807) is 11.3 Å². The molecular weight excluding hydrogens is 280 g/mol. The molecule has 0 aliphatic heterocycles. The van der Waals surface area contributed by atoms with Crippen LogP contribution in [0.4, 0.5) is 0 Å². The van der Waals surface area contributed by atoms with Crippen LogP contribution in [0.25, 0.3) is 0 Å². The third kappa shape index (κ3) is 4.83. The van der Waals surface area contributed by atoms with Crippen LogP contribution in [0, 0.1) is 0 Å².